The number of hydrogen-bond acceptors (Lipinski definition) is 1. The molecular weight excluding hydrogens is 370 g/mol. The monoisotopic (exact) mass is 387 g/mol. The Labute approximate surface area is 131 Å². The molecule has 1 aromatic carbocycles. The van der Waals surface area contributed by atoms with Gasteiger partial charge < -0.3 is 5.32 Å². The fourth-order valence-corrected chi connectivity index (χ4v) is 3.49. The van der Waals surface area contributed by atoms with Crippen molar-refractivity contribution in [1.29, 1.82) is 0 Å². The van der Waals surface area contributed by atoms with Gasteiger partial charge in [-0.2, -0.15) is 0 Å². The number of carbonyl (C=O) groups is 1. The average Bonchev–Trinajstić information content (AvgIpc) is 2.38. The molecule has 0 heterocycles. The molecule has 0 aliphatic heterocycles. The molecule has 0 bridgehead atoms. The number of rotatable bonds is 2. The maximum Gasteiger partial charge on any atom is 0.252 e. The summed E-state index contributed by atoms with van der Waals surface area (Å²) in [5.41, 5.74) is 0.694. The molecule has 2 nitrogen and oxygen atoms in total. The van der Waals surface area contributed by atoms with E-state index >= 15 is 0 Å². The number of halogens is 2. The molecule has 1 aromatic rings. The molecule has 1 saturated carbocycles. The minimum Gasteiger partial charge on any atom is -0.349 e. The van der Waals surface area contributed by atoms with E-state index in [-0.39, 0.29) is 5.91 Å². The van der Waals surface area contributed by atoms with E-state index in [4.69, 9.17) is 0 Å². The van der Waals surface area contributed by atoms with Crippen molar-refractivity contribution in [2.24, 2.45) is 11.8 Å². The number of nitrogens with one attached hydrogen (secondary N) is 1. The highest BCUT2D eigenvalue weighted by Crippen LogP contribution is 2.30. The van der Waals surface area contributed by atoms with E-state index in [1.165, 1.54) is 12.8 Å². The normalized spacial score (nSPS) is 27.1. The third kappa shape index (κ3) is 3.60. The Balaban J connectivity index is 2.10. The van der Waals surface area contributed by atoms with Crippen LogP contribution in [0, 0.1) is 11.8 Å². The summed E-state index contributed by atoms with van der Waals surface area (Å²) < 4.78 is 1.76. The second-order valence-electron chi connectivity index (χ2n) is 5.47. The van der Waals surface area contributed by atoms with Crippen molar-refractivity contribution >= 4 is 37.8 Å². The van der Waals surface area contributed by atoms with Gasteiger partial charge in [-0.25, -0.2) is 0 Å². The highest BCUT2D eigenvalue weighted by Gasteiger charge is 2.28. The Hall–Kier alpha value is -0.350. The van der Waals surface area contributed by atoms with E-state index in [1.54, 1.807) is 0 Å². The van der Waals surface area contributed by atoms with E-state index in [9.17, 15) is 4.79 Å². The van der Waals surface area contributed by atoms with Crippen LogP contribution in [0.25, 0.3) is 0 Å². The Kier molecular flexibility index (Phi) is 5.07. The number of benzene rings is 1. The second-order valence-corrected chi connectivity index (χ2v) is 7.24. The standard InChI is InChI=1S/C15H19Br2NO/c1-9-4-3-5-14(10(9)2)18-15(19)12-8-11(16)6-7-13(12)17/h6-10,14H,3-5H2,1-2H3,(H,18,19). The van der Waals surface area contributed by atoms with Crippen LogP contribution < -0.4 is 5.32 Å². The van der Waals surface area contributed by atoms with Gasteiger partial charge in [0.05, 0.1) is 5.56 Å². The van der Waals surface area contributed by atoms with Crippen LogP contribution in [0.4, 0.5) is 0 Å². The summed E-state index contributed by atoms with van der Waals surface area (Å²) in [6, 6.07) is 5.97. The van der Waals surface area contributed by atoms with E-state index < -0.39 is 0 Å². The minimum absolute atomic E-state index is 0.0131. The first-order chi connectivity index (χ1) is 8.99. The molecule has 0 radical (unpaired) electrons. The van der Waals surface area contributed by atoms with Gasteiger partial charge in [0, 0.05) is 15.0 Å². The Bertz CT molecular complexity index is 475. The first-order valence-electron chi connectivity index (χ1n) is 6.75. The molecule has 19 heavy (non-hydrogen) atoms. The van der Waals surface area contributed by atoms with Crippen molar-refractivity contribution in [2.45, 2.75) is 39.2 Å². The van der Waals surface area contributed by atoms with Gasteiger partial charge in [-0.05, 0) is 52.4 Å². The van der Waals surface area contributed by atoms with Gasteiger partial charge >= 0.3 is 0 Å². The lowest BCUT2D eigenvalue weighted by Crippen LogP contribution is -2.43. The van der Waals surface area contributed by atoms with Crippen LogP contribution in [-0.2, 0) is 0 Å². The molecule has 1 aliphatic carbocycles. The molecule has 0 aromatic heterocycles. The zero-order chi connectivity index (χ0) is 14.0. The lowest BCUT2D eigenvalue weighted by atomic mass is 9.78. The van der Waals surface area contributed by atoms with E-state index in [0.717, 1.165) is 15.4 Å². The molecular formula is C15H19Br2NO. The highest BCUT2D eigenvalue weighted by atomic mass is 79.9. The van der Waals surface area contributed by atoms with Crippen LogP contribution in [0.15, 0.2) is 27.1 Å². The third-order valence-corrected chi connectivity index (χ3v) is 5.38. The quantitative estimate of drug-likeness (QED) is 0.776. The van der Waals surface area contributed by atoms with Gasteiger partial charge in [0.2, 0.25) is 0 Å². The molecule has 1 aliphatic rings. The molecule has 4 heteroatoms. The summed E-state index contributed by atoms with van der Waals surface area (Å²) >= 11 is 6.85. The summed E-state index contributed by atoms with van der Waals surface area (Å²) in [5.74, 6) is 1.24. The molecule has 1 amide bonds. The number of carbonyl (C=O) groups excluding carboxylic acids is 1. The first-order valence-corrected chi connectivity index (χ1v) is 8.33. The van der Waals surface area contributed by atoms with Crippen molar-refractivity contribution in [3.05, 3.63) is 32.7 Å². The largest absolute Gasteiger partial charge is 0.349 e. The fourth-order valence-electron chi connectivity index (χ4n) is 2.70. The number of amides is 1. The summed E-state index contributed by atoms with van der Waals surface area (Å²) in [4.78, 5) is 12.4. The lowest BCUT2D eigenvalue weighted by molar-refractivity contribution is 0.0890. The molecule has 1 fully saturated rings. The van der Waals surface area contributed by atoms with Crippen LogP contribution in [0.5, 0.6) is 0 Å². The molecule has 3 atom stereocenters. The van der Waals surface area contributed by atoms with Gasteiger partial charge in [0.15, 0.2) is 0 Å². The van der Waals surface area contributed by atoms with E-state index in [1.807, 2.05) is 18.2 Å². The Morgan fingerprint density at radius 2 is 2.00 bits per heavy atom. The maximum atomic E-state index is 12.4. The van der Waals surface area contributed by atoms with Crippen LogP contribution in [0.3, 0.4) is 0 Å². The second kappa shape index (κ2) is 6.40. The topological polar surface area (TPSA) is 29.1 Å². The Morgan fingerprint density at radius 1 is 1.26 bits per heavy atom. The van der Waals surface area contributed by atoms with Gasteiger partial charge in [-0.15, -0.1) is 0 Å². The predicted molar refractivity (Wildman–Crippen MR) is 85.3 cm³/mol. The van der Waals surface area contributed by atoms with Crippen LogP contribution in [0.1, 0.15) is 43.5 Å². The highest BCUT2D eigenvalue weighted by molar-refractivity contribution is 9.11. The molecule has 0 spiro atoms. The SMILES string of the molecule is CC1CCCC(NC(=O)c2cc(Br)ccc2Br)C1C. The molecule has 104 valence electrons. The van der Waals surface area contributed by atoms with Crippen molar-refractivity contribution in [3.8, 4) is 0 Å². The van der Waals surface area contributed by atoms with Crippen LogP contribution >= 0.6 is 31.9 Å². The van der Waals surface area contributed by atoms with Crippen molar-refractivity contribution in [3.63, 3.8) is 0 Å². The van der Waals surface area contributed by atoms with Gasteiger partial charge in [0.25, 0.3) is 5.91 Å². The van der Waals surface area contributed by atoms with Crippen molar-refractivity contribution in [1.82, 2.24) is 5.32 Å². The maximum absolute atomic E-state index is 12.4. The zero-order valence-electron chi connectivity index (χ0n) is 11.2. The predicted octanol–water partition coefficient (Wildman–Crippen LogP) is 4.77. The smallest absolute Gasteiger partial charge is 0.252 e. The van der Waals surface area contributed by atoms with Crippen LogP contribution in [-0.4, -0.2) is 11.9 Å². The Morgan fingerprint density at radius 3 is 2.74 bits per heavy atom. The van der Waals surface area contributed by atoms with Gasteiger partial charge in [-0.3, -0.25) is 4.79 Å². The summed E-state index contributed by atoms with van der Waals surface area (Å²) in [6.07, 6.45) is 3.56. The number of hydrogen-bond donors (Lipinski definition) is 1. The third-order valence-electron chi connectivity index (χ3n) is 4.20. The minimum atomic E-state index is 0.0131. The van der Waals surface area contributed by atoms with Crippen molar-refractivity contribution in [2.75, 3.05) is 0 Å². The van der Waals surface area contributed by atoms with Crippen LogP contribution in [0.2, 0.25) is 0 Å². The van der Waals surface area contributed by atoms with E-state index in [0.29, 0.717) is 23.4 Å². The average molecular weight is 389 g/mol. The molecule has 3 unspecified atom stereocenters. The lowest BCUT2D eigenvalue weighted by Gasteiger charge is -2.34. The zero-order valence-corrected chi connectivity index (χ0v) is 14.4. The van der Waals surface area contributed by atoms with Gasteiger partial charge in [-0.1, -0.05) is 42.6 Å². The summed E-state index contributed by atoms with van der Waals surface area (Å²) in [6.45, 7) is 4.52. The van der Waals surface area contributed by atoms with Crippen molar-refractivity contribution < 1.29 is 4.79 Å². The summed E-state index contributed by atoms with van der Waals surface area (Å²) in [7, 11) is 0. The first kappa shape index (κ1) is 15.0. The molecule has 0 saturated heterocycles. The molecule has 1 N–H and O–H groups in total. The van der Waals surface area contributed by atoms with E-state index in [2.05, 4.69) is 51.0 Å². The van der Waals surface area contributed by atoms with Gasteiger partial charge in [0.1, 0.15) is 0 Å². The molecule has 2 rings (SSSR count). The summed E-state index contributed by atoms with van der Waals surface area (Å²) in [5, 5.41) is 3.19. The fraction of sp³-hybridized carbons (Fsp3) is 0.533.